The number of hydrogen-bond acceptors (Lipinski definition) is 9. The fraction of sp³-hybridized carbons (Fsp3) is 0.250. The zero-order valence-electron chi connectivity index (χ0n) is 21.1. The largest absolute Gasteiger partial charge is 0.384 e. The topological polar surface area (TPSA) is 125 Å². The van der Waals surface area contributed by atoms with Crippen molar-refractivity contribution in [2.24, 2.45) is 5.73 Å². The fourth-order valence-corrected chi connectivity index (χ4v) is 7.02. The van der Waals surface area contributed by atoms with E-state index in [9.17, 15) is 14.9 Å². The van der Waals surface area contributed by atoms with Gasteiger partial charge in [-0.1, -0.05) is 76.3 Å². The number of nitrogens with two attached hydrogens (primary N) is 1. The van der Waals surface area contributed by atoms with Gasteiger partial charge in [0.05, 0.1) is 23.3 Å². The summed E-state index contributed by atoms with van der Waals surface area (Å²) in [5, 5.41) is 22.1. The molecule has 0 fully saturated rings. The number of benzene rings is 2. The molecule has 2 heterocycles. The number of allylic oxidation sites excluding steroid dienone is 3. The molecule has 1 unspecified atom stereocenters. The maximum absolute atomic E-state index is 13.3. The van der Waals surface area contributed by atoms with Crippen molar-refractivity contribution in [1.29, 1.82) is 5.26 Å². The Morgan fingerprint density at radius 2 is 2.00 bits per heavy atom. The first-order valence-corrected chi connectivity index (χ1v) is 15.1. The molecule has 5 rings (SSSR count). The quantitative estimate of drug-likeness (QED) is 0.313. The highest BCUT2D eigenvalue weighted by Crippen LogP contribution is 2.48. The van der Waals surface area contributed by atoms with Crippen molar-refractivity contribution in [3.63, 3.8) is 0 Å². The van der Waals surface area contributed by atoms with Crippen LogP contribution in [0.4, 0.5) is 10.8 Å². The average molecular weight is 622 g/mol. The van der Waals surface area contributed by atoms with Crippen LogP contribution in [0, 0.1) is 11.3 Å². The van der Waals surface area contributed by atoms with E-state index in [0.29, 0.717) is 39.9 Å². The van der Waals surface area contributed by atoms with Crippen LogP contribution in [0.25, 0.3) is 0 Å². The van der Waals surface area contributed by atoms with Gasteiger partial charge in [0.2, 0.25) is 11.0 Å². The van der Waals surface area contributed by atoms with Crippen molar-refractivity contribution in [3.05, 3.63) is 86.8 Å². The molecule has 3 N–H and O–H groups in total. The predicted octanol–water partition coefficient (Wildman–Crippen LogP) is 5.90. The number of amides is 1. The normalized spacial score (nSPS) is 17.2. The first kappa shape index (κ1) is 27.1. The maximum atomic E-state index is 13.3. The van der Waals surface area contributed by atoms with Crippen LogP contribution < -0.4 is 16.0 Å². The van der Waals surface area contributed by atoms with Gasteiger partial charge in [0.1, 0.15) is 5.82 Å². The van der Waals surface area contributed by atoms with Crippen LogP contribution in [-0.2, 0) is 16.0 Å². The molecule has 39 heavy (non-hydrogen) atoms. The van der Waals surface area contributed by atoms with Crippen molar-refractivity contribution in [3.8, 4) is 6.07 Å². The smallest absolute Gasteiger partial charge is 0.234 e. The number of aromatic nitrogens is 2. The second kappa shape index (κ2) is 11.7. The Bertz CT molecular complexity index is 1540. The van der Waals surface area contributed by atoms with Crippen LogP contribution in [0.15, 0.2) is 80.0 Å². The number of nitrogens with zero attached hydrogens (tertiary/aromatic N) is 4. The molecule has 1 atom stereocenters. The van der Waals surface area contributed by atoms with Gasteiger partial charge in [0, 0.05) is 27.9 Å². The second-order valence-corrected chi connectivity index (χ2v) is 12.1. The number of rotatable bonds is 7. The average Bonchev–Trinajstić information content (AvgIpc) is 3.41. The third-order valence-electron chi connectivity index (χ3n) is 6.69. The van der Waals surface area contributed by atoms with E-state index >= 15 is 0 Å². The molecule has 198 valence electrons. The van der Waals surface area contributed by atoms with Crippen molar-refractivity contribution >= 4 is 61.5 Å². The Kier molecular flexibility index (Phi) is 8.16. The minimum Gasteiger partial charge on any atom is -0.384 e. The highest BCUT2D eigenvalue weighted by molar-refractivity contribution is 9.10. The van der Waals surface area contributed by atoms with E-state index in [-0.39, 0.29) is 23.3 Å². The summed E-state index contributed by atoms with van der Waals surface area (Å²) in [6, 6.07) is 17.6. The van der Waals surface area contributed by atoms with Gasteiger partial charge in [-0.25, -0.2) is 0 Å². The van der Waals surface area contributed by atoms with Gasteiger partial charge in [-0.3, -0.25) is 14.5 Å². The summed E-state index contributed by atoms with van der Waals surface area (Å²) in [6.45, 7) is 2.08. The number of nitriles is 1. The zero-order chi connectivity index (χ0) is 27.5. The number of carbonyl (C=O) groups excluding carboxylic acids is 2. The van der Waals surface area contributed by atoms with Gasteiger partial charge >= 0.3 is 0 Å². The molecule has 0 radical (unpaired) electrons. The van der Waals surface area contributed by atoms with E-state index in [1.165, 1.54) is 28.7 Å². The number of nitrogens with one attached hydrogen (secondary N) is 1. The molecule has 1 aliphatic carbocycles. The Morgan fingerprint density at radius 1 is 1.23 bits per heavy atom. The molecule has 11 heteroatoms. The number of halogens is 1. The van der Waals surface area contributed by atoms with E-state index in [0.717, 1.165) is 27.8 Å². The number of anilines is 2. The molecule has 8 nitrogen and oxygen atoms in total. The minimum atomic E-state index is -0.554. The van der Waals surface area contributed by atoms with Crippen molar-refractivity contribution in [2.75, 3.05) is 16.0 Å². The molecule has 3 aromatic rings. The first-order valence-electron chi connectivity index (χ1n) is 12.5. The van der Waals surface area contributed by atoms with Crippen molar-refractivity contribution < 1.29 is 9.59 Å². The first-order chi connectivity index (χ1) is 18.9. The molecule has 1 aromatic heterocycles. The SMILES string of the molecule is CCc1ccc(NC(=O)CSc2nnc(N3C(N)=C(C#N)C(c4ccccc4Br)C4=C3CCCC4=O)s2)cc1. The molecule has 2 aromatic carbocycles. The van der Waals surface area contributed by atoms with E-state index in [1.807, 2.05) is 48.5 Å². The lowest BCUT2D eigenvalue weighted by Crippen LogP contribution is -2.38. The minimum absolute atomic E-state index is 0.00464. The number of hydrogen-bond donors (Lipinski definition) is 2. The number of Topliss-reactive ketones (excluding diaryl/α,β-unsaturated/α-hetero) is 1. The number of aryl methyl sites for hydroxylation is 1. The van der Waals surface area contributed by atoms with Gasteiger partial charge in [-0.2, -0.15) is 5.26 Å². The monoisotopic (exact) mass is 620 g/mol. The maximum Gasteiger partial charge on any atom is 0.234 e. The van der Waals surface area contributed by atoms with E-state index in [1.54, 1.807) is 4.90 Å². The van der Waals surface area contributed by atoms with Crippen LogP contribution in [-0.4, -0.2) is 27.6 Å². The number of ketones is 1. The van der Waals surface area contributed by atoms with E-state index in [4.69, 9.17) is 5.73 Å². The molecule has 0 bridgehead atoms. The Labute approximate surface area is 243 Å². The lowest BCUT2D eigenvalue weighted by molar-refractivity contribution is -0.116. The summed E-state index contributed by atoms with van der Waals surface area (Å²) < 4.78 is 1.40. The van der Waals surface area contributed by atoms with Gasteiger partial charge in [0.25, 0.3) is 0 Å². The summed E-state index contributed by atoms with van der Waals surface area (Å²) >= 11 is 6.14. The summed E-state index contributed by atoms with van der Waals surface area (Å²) in [5.41, 5.74) is 11.0. The van der Waals surface area contributed by atoms with Crippen LogP contribution >= 0.6 is 39.0 Å². The van der Waals surface area contributed by atoms with E-state index < -0.39 is 5.92 Å². The number of carbonyl (C=O) groups is 2. The molecule has 0 spiro atoms. The zero-order valence-corrected chi connectivity index (χ0v) is 24.3. The van der Waals surface area contributed by atoms with Crippen LogP contribution in [0.2, 0.25) is 0 Å². The molecule has 1 aliphatic heterocycles. The summed E-state index contributed by atoms with van der Waals surface area (Å²) in [6.07, 6.45) is 2.67. The van der Waals surface area contributed by atoms with Crippen molar-refractivity contribution in [1.82, 2.24) is 10.2 Å². The highest BCUT2D eigenvalue weighted by atomic mass is 79.9. The van der Waals surface area contributed by atoms with Gasteiger partial charge in [-0.05, 0) is 48.6 Å². The van der Waals surface area contributed by atoms with Crippen molar-refractivity contribution in [2.45, 2.75) is 42.9 Å². The third kappa shape index (κ3) is 5.50. The fourth-order valence-electron chi connectivity index (χ4n) is 4.82. The standard InChI is InChI=1S/C28H25BrN6O2S2/c1-2-16-10-12-17(13-11-16)32-23(37)15-38-28-34-33-27(39-28)35-21-8-5-9-22(36)25(21)24(19(14-30)26(35)31)18-6-3-4-7-20(18)29/h3-4,6-7,10-13,24H,2,5,8-9,15,31H2,1H3,(H,32,37). The van der Waals surface area contributed by atoms with Crippen LogP contribution in [0.3, 0.4) is 0 Å². The second-order valence-electron chi connectivity index (χ2n) is 9.08. The summed E-state index contributed by atoms with van der Waals surface area (Å²) in [5.74, 6) is -0.293. The van der Waals surface area contributed by atoms with Gasteiger partial charge < -0.3 is 11.1 Å². The predicted molar refractivity (Wildman–Crippen MR) is 157 cm³/mol. The molecule has 0 saturated carbocycles. The van der Waals surface area contributed by atoms with Crippen LogP contribution in [0.1, 0.15) is 43.2 Å². The van der Waals surface area contributed by atoms with Crippen LogP contribution in [0.5, 0.6) is 0 Å². The molecule has 1 amide bonds. The molecular formula is C28H25BrN6O2S2. The Morgan fingerprint density at radius 3 is 2.72 bits per heavy atom. The Hall–Kier alpha value is -3.46. The highest BCUT2D eigenvalue weighted by Gasteiger charge is 2.41. The summed E-state index contributed by atoms with van der Waals surface area (Å²) in [4.78, 5) is 27.5. The molecule has 2 aliphatic rings. The lowest BCUT2D eigenvalue weighted by atomic mass is 9.76. The van der Waals surface area contributed by atoms with Gasteiger partial charge in [0.15, 0.2) is 10.1 Å². The summed E-state index contributed by atoms with van der Waals surface area (Å²) in [7, 11) is 0. The molecular weight excluding hydrogens is 596 g/mol. The van der Waals surface area contributed by atoms with Gasteiger partial charge in [-0.15, -0.1) is 10.2 Å². The number of thioether (sulfide) groups is 1. The molecule has 0 saturated heterocycles. The van der Waals surface area contributed by atoms with E-state index in [2.05, 4.69) is 44.4 Å². The Balaban J connectivity index is 1.40. The lowest BCUT2D eigenvalue weighted by Gasteiger charge is -2.38. The third-order valence-corrected chi connectivity index (χ3v) is 9.45.